The number of nitrogens with two attached hydrogens (primary N) is 1. The Hall–Kier alpha value is -1.39. The first-order valence-corrected chi connectivity index (χ1v) is 6.51. The van der Waals surface area contributed by atoms with E-state index in [2.05, 4.69) is 41.4 Å². The predicted molar refractivity (Wildman–Crippen MR) is 73.3 cm³/mol. The van der Waals surface area contributed by atoms with Crippen LogP contribution in [0.2, 0.25) is 0 Å². The Morgan fingerprint density at radius 2 is 2.29 bits per heavy atom. The van der Waals surface area contributed by atoms with Crippen LogP contribution in [-0.2, 0) is 6.54 Å². The van der Waals surface area contributed by atoms with Gasteiger partial charge in [-0.3, -0.25) is 4.98 Å². The van der Waals surface area contributed by atoms with Gasteiger partial charge in [0.25, 0.3) is 0 Å². The van der Waals surface area contributed by atoms with Crippen molar-refractivity contribution in [2.45, 2.75) is 19.5 Å². The summed E-state index contributed by atoms with van der Waals surface area (Å²) in [6.45, 7) is 2.72. The van der Waals surface area contributed by atoms with Crippen LogP contribution in [0.15, 0.2) is 36.0 Å². The number of rotatable bonds is 4. The molecular formula is C13H17N3S. The smallest absolute Gasteiger partial charge is 0.0603 e. The fourth-order valence-electron chi connectivity index (χ4n) is 1.85. The van der Waals surface area contributed by atoms with Gasteiger partial charge in [-0.15, -0.1) is 11.3 Å². The summed E-state index contributed by atoms with van der Waals surface area (Å²) in [7, 11) is 2.10. The number of thiophene rings is 1. The monoisotopic (exact) mass is 247 g/mol. The Morgan fingerprint density at radius 1 is 1.47 bits per heavy atom. The minimum absolute atomic E-state index is 0.350. The van der Waals surface area contributed by atoms with Crippen LogP contribution in [0.5, 0.6) is 0 Å². The van der Waals surface area contributed by atoms with Gasteiger partial charge in [0.05, 0.1) is 6.04 Å². The first-order valence-electron chi connectivity index (χ1n) is 5.63. The molecule has 0 spiro atoms. The highest BCUT2D eigenvalue weighted by Crippen LogP contribution is 2.29. The van der Waals surface area contributed by atoms with Crippen molar-refractivity contribution in [2.75, 3.05) is 11.9 Å². The van der Waals surface area contributed by atoms with Crippen molar-refractivity contribution < 1.29 is 0 Å². The van der Waals surface area contributed by atoms with Crippen LogP contribution in [0, 0.1) is 0 Å². The summed E-state index contributed by atoms with van der Waals surface area (Å²) in [6, 6.07) is 6.62. The number of anilines is 1. The molecule has 0 aliphatic heterocycles. The van der Waals surface area contributed by atoms with Gasteiger partial charge < -0.3 is 10.6 Å². The van der Waals surface area contributed by atoms with Crippen molar-refractivity contribution in [3.8, 4) is 0 Å². The summed E-state index contributed by atoms with van der Waals surface area (Å²) in [4.78, 5) is 7.72. The highest BCUT2D eigenvalue weighted by atomic mass is 32.1. The summed E-state index contributed by atoms with van der Waals surface area (Å²) in [5, 5.41) is 2.11. The number of pyridine rings is 1. The van der Waals surface area contributed by atoms with Gasteiger partial charge in [0, 0.05) is 42.1 Å². The molecule has 2 aromatic rings. The quantitative estimate of drug-likeness (QED) is 0.903. The minimum atomic E-state index is 0.350. The van der Waals surface area contributed by atoms with E-state index in [1.165, 1.54) is 4.88 Å². The van der Waals surface area contributed by atoms with Crippen LogP contribution in [0.25, 0.3) is 0 Å². The number of aromatic nitrogens is 1. The van der Waals surface area contributed by atoms with E-state index in [0.29, 0.717) is 12.6 Å². The van der Waals surface area contributed by atoms with Crippen LogP contribution >= 0.6 is 11.3 Å². The van der Waals surface area contributed by atoms with Gasteiger partial charge in [-0.25, -0.2) is 0 Å². The molecule has 1 unspecified atom stereocenters. The maximum Gasteiger partial charge on any atom is 0.0603 e. The van der Waals surface area contributed by atoms with E-state index in [1.54, 1.807) is 11.3 Å². The van der Waals surface area contributed by atoms with E-state index in [4.69, 9.17) is 5.73 Å². The Labute approximate surface area is 106 Å². The molecule has 0 aliphatic carbocycles. The molecule has 2 aromatic heterocycles. The van der Waals surface area contributed by atoms with Crippen molar-refractivity contribution in [3.63, 3.8) is 0 Å². The Kier molecular flexibility index (Phi) is 3.76. The molecule has 2 heterocycles. The molecule has 0 fully saturated rings. The van der Waals surface area contributed by atoms with Crippen LogP contribution < -0.4 is 10.6 Å². The zero-order chi connectivity index (χ0) is 12.3. The molecule has 17 heavy (non-hydrogen) atoms. The lowest BCUT2D eigenvalue weighted by atomic mass is 10.1. The largest absolute Gasteiger partial charge is 0.367 e. The van der Waals surface area contributed by atoms with E-state index >= 15 is 0 Å². The van der Waals surface area contributed by atoms with Gasteiger partial charge >= 0.3 is 0 Å². The second kappa shape index (κ2) is 5.29. The molecule has 0 radical (unpaired) electrons. The molecule has 2 rings (SSSR count). The van der Waals surface area contributed by atoms with Crippen molar-refractivity contribution >= 4 is 17.0 Å². The topological polar surface area (TPSA) is 42.2 Å². The Morgan fingerprint density at radius 3 is 2.94 bits per heavy atom. The SMILES string of the molecule is CC(c1cccs1)N(C)c1ccncc1CN. The zero-order valence-corrected chi connectivity index (χ0v) is 10.9. The zero-order valence-electron chi connectivity index (χ0n) is 10.1. The van der Waals surface area contributed by atoms with Gasteiger partial charge in [-0.2, -0.15) is 0 Å². The molecule has 90 valence electrons. The van der Waals surface area contributed by atoms with E-state index in [1.807, 2.05) is 18.5 Å². The van der Waals surface area contributed by atoms with Gasteiger partial charge in [0.1, 0.15) is 0 Å². The molecule has 0 amide bonds. The summed E-state index contributed by atoms with van der Waals surface area (Å²) in [5.74, 6) is 0. The maximum absolute atomic E-state index is 5.74. The third-order valence-electron chi connectivity index (χ3n) is 3.01. The van der Waals surface area contributed by atoms with Gasteiger partial charge in [-0.05, 0) is 24.4 Å². The van der Waals surface area contributed by atoms with E-state index in [9.17, 15) is 0 Å². The molecule has 0 saturated carbocycles. The second-order valence-corrected chi connectivity index (χ2v) is 4.99. The highest BCUT2D eigenvalue weighted by Gasteiger charge is 2.15. The van der Waals surface area contributed by atoms with Crippen molar-refractivity contribution in [1.29, 1.82) is 0 Å². The maximum atomic E-state index is 5.74. The van der Waals surface area contributed by atoms with Crippen molar-refractivity contribution in [2.24, 2.45) is 5.73 Å². The lowest BCUT2D eigenvalue weighted by Crippen LogP contribution is -2.22. The normalized spacial score (nSPS) is 12.4. The third kappa shape index (κ3) is 2.48. The number of hydrogen-bond donors (Lipinski definition) is 1. The van der Waals surface area contributed by atoms with Crippen LogP contribution in [-0.4, -0.2) is 12.0 Å². The lowest BCUT2D eigenvalue weighted by molar-refractivity contribution is 0.747. The highest BCUT2D eigenvalue weighted by molar-refractivity contribution is 7.10. The fourth-order valence-corrected chi connectivity index (χ4v) is 2.68. The molecule has 0 bridgehead atoms. The van der Waals surface area contributed by atoms with Crippen molar-refractivity contribution in [3.05, 3.63) is 46.4 Å². The Bertz CT molecular complexity index is 467. The van der Waals surface area contributed by atoms with Gasteiger partial charge in [0.2, 0.25) is 0 Å². The number of hydrogen-bond acceptors (Lipinski definition) is 4. The second-order valence-electron chi connectivity index (χ2n) is 4.01. The summed E-state index contributed by atoms with van der Waals surface area (Å²) in [5.41, 5.74) is 7.98. The van der Waals surface area contributed by atoms with Gasteiger partial charge in [-0.1, -0.05) is 6.07 Å². The predicted octanol–water partition coefficient (Wildman–Crippen LogP) is 2.80. The Balaban J connectivity index is 2.27. The summed E-state index contributed by atoms with van der Waals surface area (Å²) >= 11 is 1.78. The van der Waals surface area contributed by atoms with Crippen molar-refractivity contribution in [1.82, 2.24) is 4.98 Å². The molecule has 1 atom stereocenters. The van der Waals surface area contributed by atoms with Crippen LogP contribution in [0.3, 0.4) is 0 Å². The first-order chi connectivity index (χ1) is 8.24. The molecule has 3 nitrogen and oxygen atoms in total. The number of nitrogens with zero attached hydrogens (tertiary/aromatic N) is 2. The van der Waals surface area contributed by atoms with Gasteiger partial charge in [0.15, 0.2) is 0 Å². The van der Waals surface area contributed by atoms with E-state index in [0.717, 1.165) is 11.3 Å². The van der Waals surface area contributed by atoms with E-state index in [-0.39, 0.29) is 0 Å². The fraction of sp³-hybridized carbons (Fsp3) is 0.308. The molecular weight excluding hydrogens is 230 g/mol. The van der Waals surface area contributed by atoms with Crippen LogP contribution in [0.1, 0.15) is 23.4 Å². The lowest BCUT2D eigenvalue weighted by Gasteiger charge is -2.28. The standard InChI is InChI=1S/C13H17N3S/c1-10(13-4-3-7-17-13)16(2)12-5-6-15-9-11(12)8-14/h3-7,9-10H,8,14H2,1-2H3. The summed E-state index contributed by atoms with van der Waals surface area (Å²) in [6.07, 6.45) is 3.65. The summed E-state index contributed by atoms with van der Waals surface area (Å²) < 4.78 is 0. The molecule has 2 N–H and O–H groups in total. The third-order valence-corrected chi connectivity index (χ3v) is 4.06. The average molecular weight is 247 g/mol. The molecule has 4 heteroatoms. The van der Waals surface area contributed by atoms with E-state index < -0.39 is 0 Å². The molecule has 0 saturated heterocycles. The minimum Gasteiger partial charge on any atom is -0.367 e. The molecule has 0 aromatic carbocycles. The van der Waals surface area contributed by atoms with Crippen LogP contribution in [0.4, 0.5) is 5.69 Å². The average Bonchev–Trinajstić information content (AvgIpc) is 2.90. The first kappa shape index (κ1) is 12.1. The molecule has 0 aliphatic rings.